The summed E-state index contributed by atoms with van der Waals surface area (Å²) in [5.74, 6) is 1.88. The molecule has 3 aromatic rings. The van der Waals surface area contributed by atoms with Gasteiger partial charge in [-0.3, -0.25) is 9.89 Å². The zero-order valence-corrected chi connectivity index (χ0v) is 19.9. The number of para-hydroxylation sites is 1. The first-order chi connectivity index (χ1) is 15.2. The van der Waals surface area contributed by atoms with Crippen molar-refractivity contribution in [1.82, 2.24) is 19.7 Å². The zero-order chi connectivity index (χ0) is 22.9. The minimum atomic E-state index is -3.00. The van der Waals surface area contributed by atoms with Crippen molar-refractivity contribution < 1.29 is 17.9 Å². The highest BCUT2D eigenvalue weighted by Crippen LogP contribution is 2.30. The Hall–Kier alpha value is -2.59. The van der Waals surface area contributed by atoms with Gasteiger partial charge < -0.3 is 9.30 Å². The average Bonchev–Trinajstić information content (AvgIpc) is 3.43. The number of hydrogen-bond acceptors (Lipinski definition) is 7. The summed E-state index contributed by atoms with van der Waals surface area (Å²) in [6.45, 7) is 6.03. The fraction of sp³-hybridized carbons (Fsp3) is 0.409. The maximum absolute atomic E-state index is 12.9. The molecule has 8 nitrogen and oxygen atoms in total. The number of ketones is 1. The predicted octanol–water partition coefficient (Wildman–Crippen LogP) is 3.45. The normalized spacial score (nSPS) is 17.5. The number of thioether (sulfide) groups is 1. The van der Waals surface area contributed by atoms with Crippen molar-refractivity contribution in [3.8, 4) is 5.75 Å². The molecule has 0 amide bonds. The van der Waals surface area contributed by atoms with E-state index in [1.165, 1.54) is 11.8 Å². The summed E-state index contributed by atoms with van der Waals surface area (Å²) in [6, 6.07) is 9.50. The van der Waals surface area contributed by atoms with Crippen molar-refractivity contribution in [2.45, 2.75) is 45.0 Å². The molecule has 1 fully saturated rings. The molecule has 0 spiro atoms. The first-order valence-electron chi connectivity index (χ1n) is 10.4. The number of benzene rings is 1. The van der Waals surface area contributed by atoms with Gasteiger partial charge in [-0.15, -0.1) is 5.10 Å². The summed E-state index contributed by atoms with van der Waals surface area (Å²) in [7, 11) is -3.00. The monoisotopic (exact) mass is 474 g/mol. The summed E-state index contributed by atoms with van der Waals surface area (Å²) < 4.78 is 31.5. The van der Waals surface area contributed by atoms with Crippen molar-refractivity contribution in [1.29, 1.82) is 0 Å². The summed E-state index contributed by atoms with van der Waals surface area (Å²) in [5, 5.41) is 7.50. The van der Waals surface area contributed by atoms with Gasteiger partial charge in [-0.2, -0.15) is 0 Å². The molecule has 0 bridgehead atoms. The van der Waals surface area contributed by atoms with Crippen LogP contribution < -0.4 is 4.74 Å². The van der Waals surface area contributed by atoms with Crippen LogP contribution in [-0.2, 0) is 16.4 Å². The van der Waals surface area contributed by atoms with Gasteiger partial charge in [0.2, 0.25) is 5.16 Å². The van der Waals surface area contributed by atoms with Gasteiger partial charge in [0.15, 0.2) is 21.4 Å². The number of H-pyrrole nitrogens is 1. The molecule has 0 radical (unpaired) electrons. The van der Waals surface area contributed by atoms with Crippen LogP contribution in [0.3, 0.4) is 0 Å². The van der Waals surface area contributed by atoms with E-state index in [-0.39, 0.29) is 35.7 Å². The SMILES string of the molecule is Cc1ccccc1OCc1nc(SCC(=O)c2cc(C)n([C@@H]3CCS(=O)(=O)C3)c2C)n[nH]1. The Morgan fingerprint density at radius 1 is 1.28 bits per heavy atom. The summed E-state index contributed by atoms with van der Waals surface area (Å²) in [6.07, 6.45) is 0.589. The molecule has 1 N–H and O–H groups in total. The minimum Gasteiger partial charge on any atom is -0.485 e. The van der Waals surface area contributed by atoms with Crippen LogP contribution in [0.4, 0.5) is 0 Å². The number of aryl methyl sites for hydroxylation is 2. The van der Waals surface area contributed by atoms with Gasteiger partial charge in [0.05, 0.1) is 17.3 Å². The van der Waals surface area contributed by atoms with Gasteiger partial charge in [0.1, 0.15) is 12.4 Å². The van der Waals surface area contributed by atoms with Gasteiger partial charge in [0, 0.05) is 23.0 Å². The van der Waals surface area contributed by atoms with Crippen LogP contribution in [0.1, 0.15) is 45.6 Å². The molecule has 10 heteroatoms. The first kappa shape index (κ1) is 22.6. The average molecular weight is 475 g/mol. The zero-order valence-electron chi connectivity index (χ0n) is 18.3. The number of aromatic amines is 1. The standard InChI is InChI=1S/C22H26N4O4S2/c1-14-6-4-5-7-20(14)30-11-21-23-22(25-24-21)31-12-19(27)18-10-15(2)26(16(18)3)17-8-9-32(28,29)13-17/h4-7,10,17H,8-9,11-13H2,1-3H3,(H,23,24,25)/t17-/m1/s1. The Balaban J connectivity index is 1.36. The summed E-state index contributed by atoms with van der Waals surface area (Å²) >= 11 is 1.26. The molecule has 1 atom stereocenters. The highest BCUT2D eigenvalue weighted by Gasteiger charge is 2.31. The van der Waals surface area contributed by atoms with Crippen molar-refractivity contribution in [3.63, 3.8) is 0 Å². The second-order valence-electron chi connectivity index (χ2n) is 8.04. The van der Waals surface area contributed by atoms with Crippen LogP contribution in [0, 0.1) is 20.8 Å². The van der Waals surface area contributed by atoms with E-state index in [2.05, 4.69) is 15.2 Å². The summed E-state index contributed by atoms with van der Waals surface area (Å²) in [5.41, 5.74) is 3.39. The van der Waals surface area contributed by atoms with E-state index in [1.54, 1.807) is 0 Å². The largest absolute Gasteiger partial charge is 0.485 e. The third kappa shape index (κ3) is 4.91. The van der Waals surface area contributed by atoms with Crippen LogP contribution in [0.2, 0.25) is 0 Å². The molecular weight excluding hydrogens is 448 g/mol. The number of sulfone groups is 1. The van der Waals surface area contributed by atoms with E-state index in [9.17, 15) is 13.2 Å². The second-order valence-corrected chi connectivity index (χ2v) is 11.2. The van der Waals surface area contributed by atoms with Crippen molar-refractivity contribution in [2.24, 2.45) is 0 Å². The minimum absolute atomic E-state index is 0.0299. The Kier molecular flexibility index (Phi) is 6.43. The Bertz CT molecular complexity index is 1250. The van der Waals surface area contributed by atoms with Crippen LogP contribution in [0.25, 0.3) is 0 Å². The second kappa shape index (κ2) is 9.11. The maximum atomic E-state index is 12.9. The number of carbonyl (C=O) groups is 1. The van der Waals surface area contributed by atoms with Crippen molar-refractivity contribution in [2.75, 3.05) is 17.3 Å². The molecule has 0 saturated carbocycles. The smallest absolute Gasteiger partial charge is 0.208 e. The number of aromatic nitrogens is 4. The lowest BCUT2D eigenvalue weighted by Gasteiger charge is -2.16. The van der Waals surface area contributed by atoms with E-state index >= 15 is 0 Å². The van der Waals surface area contributed by atoms with Crippen LogP contribution >= 0.6 is 11.8 Å². The van der Waals surface area contributed by atoms with Gasteiger partial charge in [-0.1, -0.05) is 30.0 Å². The molecule has 3 heterocycles. The van der Waals surface area contributed by atoms with E-state index in [1.807, 2.05) is 55.7 Å². The molecule has 1 saturated heterocycles. The Morgan fingerprint density at radius 3 is 2.78 bits per heavy atom. The number of Topliss-reactive ketones (excluding diaryl/α,β-unsaturated/α-hetero) is 1. The Labute approximate surface area is 191 Å². The topological polar surface area (TPSA) is 107 Å². The predicted molar refractivity (Wildman–Crippen MR) is 123 cm³/mol. The van der Waals surface area contributed by atoms with E-state index < -0.39 is 9.84 Å². The molecule has 170 valence electrons. The fourth-order valence-electron chi connectivity index (χ4n) is 4.08. The Morgan fingerprint density at radius 2 is 2.06 bits per heavy atom. The number of hydrogen-bond donors (Lipinski definition) is 1. The number of nitrogens with zero attached hydrogens (tertiary/aromatic N) is 3. The van der Waals surface area contributed by atoms with Gasteiger partial charge >= 0.3 is 0 Å². The number of ether oxygens (including phenoxy) is 1. The molecule has 1 aromatic carbocycles. The molecule has 2 aromatic heterocycles. The molecule has 32 heavy (non-hydrogen) atoms. The quantitative estimate of drug-likeness (QED) is 0.394. The molecule has 0 unspecified atom stereocenters. The summed E-state index contributed by atoms with van der Waals surface area (Å²) in [4.78, 5) is 17.3. The van der Waals surface area contributed by atoms with Crippen LogP contribution in [-0.4, -0.2) is 51.2 Å². The lowest BCUT2D eigenvalue weighted by atomic mass is 10.2. The van der Waals surface area contributed by atoms with Crippen molar-refractivity contribution in [3.05, 3.63) is 58.7 Å². The number of nitrogens with one attached hydrogen (secondary N) is 1. The molecular formula is C22H26N4O4S2. The third-order valence-electron chi connectivity index (χ3n) is 5.66. The first-order valence-corrected chi connectivity index (χ1v) is 13.2. The van der Waals surface area contributed by atoms with Crippen molar-refractivity contribution >= 4 is 27.4 Å². The highest BCUT2D eigenvalue weighted by atomic mass is 32.2. The van der Waals surface area contributed by atoms with Gasteiger partial charge in [0.25, 0.3) is 0 Å². The van der Waals surface area contributed by atoms with E-state index in [0.29, 0.717) is 23.0 Å². The number of rotatable bonds is 8. The van der Waals surface area contributed by atoms with Gasteiger partial charge in [-0.05, 0) is 44.9 Å². The fourth-order valence-corrected chi connectivity index (χ4v) is 6.48. The molecule has 0 aliphatic carbocycles. The molecule has 4 rings (SSSR count). The van der Waals surface area contributed by atoms with E-state index in [4.69, 9.17) is 4.74 Å². The molecule has 1 aliphatic heterocycles. The van der Waals surface area contributed by atoms with E-state index in [0.717, 1.165) is 22.7 Å². The van der Waals surface area contributed by atoms with Crippen LogP contribution in [0.15, 0.2) is 35.5 Å². The highest BCUT2D eigenvalue weighted by molar-refractivity contribution is 7.99. The van der Waals surface area contributed by atoms with Gasteiger partial charge in [-0.25, -0.2) is 13.4 Å². The van der Waals surface area contributed by atoms with Crippen LogP contribution in [0.5, 0.6) is 5.75 Å². The molecule has 1 aliphatic rings. The maximum Gasteiger partial charge on any atom is 0.208 e. The number of carbonyl (C=O) groups excluding carboxylic acids is 1. The lowest BCUT2D eigenvalue weighted by molar-refractivity contribution is 0.102. The lowest BCUT2D eigenvalue weighted by Crippen LogP contribution is -2.14. The third-order valence-corrected chi connectivity index (χ3v) is 8.26.